The third-order valence-corrected chi connectivity index (χ3v) is 2.59. The minimum absolute atomic E-state index is 0.516. The van der Waals surface area contributed by atoms with Crippen LogP contribution in [0.3, 0.4) is 0 Å². The number of nitrogens with two attached hydrogens (primary N) is 1. The number of benzene rings is 1. The van der Waals surface area contributed by atoms with Gasteiger partial charge in [0.2, 0.25) is 0 Å². The largest absolute Gasteiger partial charge is 0.432 e. The maximum Gasteiger partial charge on any atom is 0.299 e. The van der Waals surface area contributed by atoms with Gasteiger partial charge >= 0.3 is 0 Å². The monoisotopic (exact) mass is 231 g/mol. The van der Waals surface area contributed by atoms with E-state index in [1.807, 2.05) is 6.92 Å². The molecule has 0 bridgehead atoms. The molecule has 0 saturated carbocycles. The summed E-state index contributed by atoms with van der Waals surface area (Å²) in [4.78, 5) is 4.31. The summed E-state index contributed by atoms with van der Waals surface area (Å²) in [6.07, 6.45) is 2.37. The second-order valence-electron chi connectivity index (χ2n) is 4.13. The predicted molar refractivity (Wildman–Crippen MR) is 68.5 cm³/mol. The van der Waals surface area contributed by atoms with E-state index in [0.29, 0.717) is 12.6 Å². The standard InChI is InChI=1S/C13H17N3O/c1-9-3-4-10(2)12(7-9)16-13-15-11(5-6-14)8-17-13/h3-4,7-8H,5-6,14H2,1-2H3,(H,15,16). The molecule has 2 rings (SSSR count). The molecule has 0 aliphatic rings. The van der Waals surface area contributed by atoms with Gasteiger partial charge in [-0.15, -0.1) is 0 Å². The van der Waals surface area contributed by atoms with E-state index in [2.05, 4.69) is 35.4 Å². The number of nitrogens with one attached hydrogen (secondary N) is 1. The predicted octanol–water partition coefficient (Wildman–Crippen LogP) is 2.54. The maximum atomic E-state index is 5.46. The van der Waals surface area contributed by atoms with E-state index >= 15 is 0 Å². The van der Waals surface area contributed by atoms with Gasteiger partial charge in [0.05, 0.1) is 5.69 Å². The van der Waals surface area contributed by atoms with Crippen molar-refractivity contribution in [2.75, 3.05) is 11.9 Å². The van der Waals surface area contributed by atoms with Crippen molar-refractivity contribution in [1.29, 1.82) is 0 Å². The quantitative estimate of drug-likeness (QED) is 0.848. The van der Waals surface area contributed by atoms with Gasteiger partial charge < -0.3 is 15.5 Å². The summed E-state index contributed by atoms with van der Waals surface area (Å²) in [5.74, 6) is 0. The normalized spacial score (nSPS) is 10.5. The van der Waals surface area contributed by atoms with Crippen molar-refractivity contribution in [3.8, 4) is 0 Å². The highest BCUT2D eigenvalue weighted by Crippen LogP contribution is 2.21. The van der Waals surface area contributed by atoms with E-state index in [9.17, 15) is 0 Å². The van der Waals surface area contributed by atoms with Crippen LogP contribution in [0.2, 0.25) is 0 Å². The Bertz CT molecular complexity index is 505. The van der Waals surface area contributed by atoms with Gasteiger partial charge in [-0.3, -0.25) is 0 Å². The van der Waals surface area contributed by atoms with E-state index in [4.69, 9.17) is 10.2 Å². The zero-order chi connectivity index (χ0) is 12.3. The first-order valence-corrected chi connectivity index (χ1v) is 5.68. The molecule has 4 nitrogen and oxygen atoms in total. The SMILES string of the molecule is Cc1ccc(C)c(Nc2nc(CCN)co2)c1. The van der Waals surface area contributed by atoms with Crippen molar-refractivity contribution < 1.29 is 4.42 Å². The molecule has 0 saturated heterocycles. The van der Waals surface area contributed by atoms with Crippen molar-refractivity contribution in [1.82, 2.24) is 4.98 Å². The van der Waals surface area contributed by atoms with Gasteiger partial charge in [0.15, 0.2) is 0 Å². The topological polar surface area (TPSA) is 64.1 Å². The summed E-state index contributed by atoms with van der Waals surface area (Å²) < 4.78 is 5.34. The molecule has 0 radical (unpaired) electrons. The second-order valence-corrected chi connectivity index (χ2v) is 4.13. The number of aromatic nitrogens is 1. The average Bonchev–Trinajstić information content (AvgIpc) is 2.72. The summed E-state index contributed by atoms with van der Waals surface area (Å²) in [5, 5.41) is 3.17. The van der Waals surface area contributed by atoms with Crippen molar-refractivity contribution in [2.45, 2.75) is 20.3 Å². The van der Waals surface area contributed by atoms with Crippen molar-refractivity contribution in [2.24, 2.45) is 5.73 Å². The van der Waals surface area contributed by atoms with E-state index in [-0.39, 0.29) is 0 Å². The number of rotatable bonds is 4. The summed E-state index contributed by atoms with van der Waals surface area (Å²) in [6.45, 7) is 4.68. The molecule has 1 heterocycles. The fraction of sp³-hybridized carbons (Fsp3) is 0.308. The van der Waals surface area contributed by atoms with Gasteiger partial charge in [0.25, 0.3) is 6.01 Å². The fourth-order valence-electron chi connectivity index (χ4n) is 1.61. The molecule has 0 unspecified atom stereocenters. The number of hydrogen-bond acceptors (Lipinski definition) is 4. The molecule has 0 amide bonds. The van der Waals surface area contributed by atoms with Crippen LogP contribution in [0.25, 0.3) is 0 Å². The molecule has 90 valence electrons. The van der Waals surface area contributed by atoms with E-state index in [1.54, 1.807) is 6.26 Å². The Kier molecular flexibility index (Phi) is 3.44. The number of oxazole rings is 1. The molecule has 3 N–H and O–H groups in total. The minimum Gasteiger partial charge on any atom is -0.432 e. The second kappa shape index (κ2) is 5.01. The first kappa shape index (κ1) is 11.7. The molecule has 4 heteroatoms. The van der Waals surface area contributed by atoms with Crippen LogP contribution in [0, 0.1) is 13.8 Å². The lowest BCUT2D eigenvalue weighted by atomic mass is 10.1. The Hall–Kier alpha value is -1.81. The van der Waals surface area contributed by atoms with Gasteiger partial charge in [-0.1, -0.05) is 12.1 Å². The first-order valence-electron chi connectivity index (χ1n) is 5.68. The van der Waals surface area contributed by atoms with Crippen molar-refractivity contribution >= 4 is 11.7 Å². The molecule has 1 aromatic heterocycles. The van der Waals surface area contributed by atoms with Crippen LogP contribution in [0.1, 0.15) is 16.8 Å². The summed E-state index contributed by atoms with van der Waals surface area (Å²) in [6, 6.07) is 6.74. The Labute approximate surface area is 101 Å². The number of nitrogens with zero attached hydrogens (tertiary/aromatic N) is 1. The molecule has 0 aliphatic heterocycles. The van der Waals surface area contributed by atoms with Gasteiger partial charge in [-0.05, 0) is 37.6 Å². The van der Waals surface area contributed by atoms with Crippen LogP contribution in [-0.4, -0.2) is 11.5 Å². The molecule has 0 atom stereocenters. The lowest BCUT2D eigenvalue weighted by Gasteiger charge is -2.06. The highest BCUT2D eigenvalue weighted by Gasteiger charge is 2.05. The molecular formula is C13H17N3O. The average molecular weight is 231 g/mol. The minimum atomic E-state index is 0.516. The van der Waals surface area contributed by atoms with Gasteiger partial charge in [0.1, 0.15) is 6.26 Å². The maximum absolute atomic E-state index is 5.46. The van der Waals surface area contributed by atoms with Crippen LogP contribution < -0.4 is 11.1 Å². The third kappa shape index (κ3) is 2.85. The summed E-state index contributed by atoms with van der Waals surface area (Å²) in [7, 11) is 0. The van der Waals surface area contributed by atoms with Crippen LogP contribution in [-0.2, 0) is 6.42 Å². The molecule has 0 spiro atoms. The van der Waals surface area contributed by atoms with Gasteiger partial charge in [-0.25, -0.2) is 0 Å². The highest BCUT2D eigenvalue weighted by atomic mass is 16.4. The van der Waals surface area contributed by atoms with E-state index < -0.39 is 0 Å². The van der Waals surface area contributed by atoms with Crippen molar-refractivity contribution in [3.05, 3.63) is 41.3 Å². The molecule has 0 fully saturated rings. The van der Waals surface area contributed by atoms with Crippen LogP contribution in [0.4, 0.5) is 11.7 Å². The highest BCUT2D eigenvalue weighted by molar-refractivity contribution is 5.58. The zero-order valence-electron chi connectivity index (χ0n) is 10.2. The van der Waals surface area contributed by atoms with Crippen LogP contribution in [0.15, 0.2) is 28.9 Å². The van der Waals surface area contributed by atoms with Crippen LogP contribution in [0.5, 0.6) is 0 Å². The van der Waals surface area contributed by atoms with Gasteiger partial charge in [-0.2, -0.15) is 4.98 Å². The third-order valence-electron chi connectivity index (χ3n) is 2.59. The number of aryl methyl sites for hydroxylation is 2. The smallest absolute Gasteiger partial charge is 0.299 e. The molecule has 0 aliphatic carbocycles. The van der Waals surface area contributed by atoms with Gasteiger partial charge in [0, 0.05) is 12.1 Å². The van der Waals surface area contributed by atoms with Crippen LogP contribution >= 0.6 is 0 Å². The Morgan fingerprint density at radius 2 is 2.18 bits per heavy atom. The molecule has 17 heavy (non-hydrogen) atoms. The molecule has 1 aromatic carbocycles. The van der Waals surface area contributed by atoms with E-state index in [0.717, 1.165) is 23.4 Å². The Morgan fingerprint density at radius 1 is 1.35 bits per heavy atom. The fourth-order valence-corrected chi connectivity index (χ4v) is 1.61. The summed E-state index contributed by atoms with van der Waals surface area (Å²) in [5.41, 5.74) is 9.72. The zero-order valence-corrected chi connectivity index (χ0v) is 10.2. The molecule has 2 aromatic rings. The number of anilines is 2. The number of hydrogen-bond donors (Lipinski definition) is 2. The lowest BCUT2D eigenvalue weighted by molar-refractivity contribution is 0.575. The Balaban J connectivity index is 2.16. The van der Waals surface area contributed by atoms with Crippen molar-refractivity contribution in [3.63, 3.8) is 0 Å². The lowest BCUT2D eigenvalue weighted by Crippen LogP contribution is -2.03. The first-order chi connectivity index (χ1) is 8.19. The molecular weight excluding hydrogens is 214 g/mol. The Morgan fingerprint density at radius 3 is 2.94 bits per heavy atom. The van der Waals surface area contributed by atoms with E-state index in [1.165, 1.54) is 5.56 Å². The summed E-state index contributed by atoms with van der Waals surface area (Å²) >= 11 is 0.